The van der Waals surface area contributed by atoms with E-state index in [0.29, 0.717) is 22.8 Å². The zero-order valence-corrected chi connectivity index (χ0v) is 17.8. The van der Waals surface area contributed by atoms with Crippen LogP contribution in [0.1, 0.15) is 34.1 Å². The van der Waals surface area contributed by atoms with Crippen molar-refractivity contribution < 1.29 is 23.8 Å². The van der Waals surface area contributed by atoms with E-state index in [2.05, 4.69) is 0 Å². The predicted octanol–water partition coefficient (Wildman–Crippen LogP) is 4.84. The van der Waals surface area contributed by atoms with Crippen LogP contribution in [0.5, 0.6) is 5.75 Å². The predicted molar refractivity (Wildman–Crippen MR) is 117 cm³/mol. The van der Waals surface area contributed by atoms with E-state index in [1.54, 1.807) is 43.5 Å². The molecule has 31 heavy (non-hydrogen) atoms. The molecule has 1 N–H and O–H groups in total. The minimum Gasteiger partial charge on any atom is -0.507 e. The maximum atomic E-state index is 13.1. The van der Waals surface area contributed by atoms with Crippen LogP contribution in [0.2, 0.25) is 0 Å². The van der Waals surface area contributed by atoms with Crippen molar-refractivity contribution in [1.82, 2.24) is 0 Å². The Morgan fingerprint density at radius 1 is 1.03 bits per heavy atom. The van der Waals surface area contributed by atoms with Crippen LogP contribution in [0.15, 0.2) is 64.8 Å². The fourth-order valence-electron chi connectivity index (χ4n) is 3.93. The Morgan fingerprint density at radius 2 is 1.74 bits per heavy atom. The summed E-state index contributed by atoms with van der Waals surface area (Å²) < 4.78 is 10.9. The molecule has 6 nitrogen and oxygen atoms in total. The van der Waals surface area contributed by atoms with Crippen LogP contribution in [-0.2, 0) is 9.59 Å². The van der Waals surface area contributed by atoms with Gasteiger partial charge in [-0.05, 0) is 68.3 Å². The number of ketones is 1. The van der Waals surface area contributed by atoms with Gasteiger partial charge in [-0.2, -0.15) is 0 Å². The Bertz CT molecular complexity index is 1190. The van der Waals surface area contributed by atoms with Crippen molar-refractivity contribution in [2.24, 2.45) is 0 Å². The number of carbonyl (C=O) groups excluding carboxylic acids is 2. The molecular formula is C25H23NO5. The number of carbonyl (C=O) groups is 2. The lowest BCUT2D eigenvalue weighted by Crippen LogP contribution is -2.29. The van der Waals surface area contributed by atoms with E-state index in [-0.39, 0.29) is 11.3 Å². The van der Waals surface area contributed by atoms with E-state index in [9.17, 15) is 14.7 Å². The lowest BCUT2D eigenvalue weighted by molar-refractivity contribution is -0.132. The third-order valence-corrected chi connectivity index (χ3v) is 5.57. The highest BCUT2D eigenvalue weighted by molar-refractivity contribution is 6.51. The fourth-order valence-corrected chi connectivity index (χ4v) is 3.93. The minimum atomic E-state index is -0.875. The number of furan rings is 1. The van der Waals surface area contributed by atoms with Crippen LogP contribution in [0.3, 0.4) is 0 Å². The number of nitrogens with zero attached hydrogens (tertiary/aromatic N) is 1. The number of aliphatic hydroxyl groups is 1. The number of anilines is 1. The largest absolute Gasteiger partial charge is 0.507 e. The van der Waals surface area contributed by atoms with Crippen LogP contribution in [-0.4, -0.2) is 23.9 Å². The van der Waals surface area contributed by atoms with Crippen molar-refractivity contribution in [3.63, 3.8) is 0 Å². The van der Waals surface area contributed by atoms with Crippen molar-refractivity contribution in [2.45, 2.75) is 26.8 Å². The molecule has 1 aromatic heterocycles. The second-order valence-corrected chi connectivity index (χ2v) is 7.66. The number of aryl methyl sites for hydroxylation is 3. The molecule has 0 radical (unpaired) electrons. The lowest BCUT2D eigenvalue weighted by Gasteiger charge is -2.23. The number of ether oxygens (including phenoxy) is 1. The molecule has 1 aliphatic heterocycles. The number of rotatable bonds is 4. The van der Waals surface area contributed by atoms with Crippen LogP contribution in [0.25, 0.3) is 5.76 Å². The molecule has 2 heterocycles. The fraction of sp³-hybridized carbons (Fsp3) is 0.200. The van der Waals surface area contributed by atoms with Gasteiger partial charge in [-0.25, -0.2) is 0 Å². The molecule has 1 unspecified atom stereocenters. The van der Waals surface area contributed by atoms with E-state index in [1.807, 2.05) is 32.9 Å². The van der Waals surface area contributed by atoms with Gasteiger partial charge in [0.05, 0.1) is 18.9 Å². The molecule has 1 fully saturated rings. The first-order chi connectivity index (χ1) is 14.8. The number of hydrogen-bond acceptors (Lipinski definition) is 5. The highest BCUT2D eigenvalue weighted by atomic mass is 16.5. The van der Waals surface area contributed by atoms with Gasteiger partial charge in [-0.15, -0.1) is 0 Å². The first-order valence-corrected chi connectivity index (χ1v) is 9.90. The van der Waals surface area contributed by atoms with E-state index >= 15 is 0 Å². The summed E-state index contributed by atoms with van der Waals surface area (Å²) in [7, 11) is 1.57. The summed E-state index contributed by atoms with van der Waals surface area (Å²) in [6.07, 6.45) is 1.48. The van der Waals surface area contributed by atoms with Gasteiger partial charge in [0.25, 0.3) is 11.7 Å². The van der Waals surface area contributed by atoms with Crippen molar-refractivity contribution in [3.05, 3.63) is 88.4 Å². The average molecular weight is 417 g/mol. The standard InChI is InChI=1S/C25H23NO5/c1-14-7-9-17(10-8-14)26-22(19-6-5-11-31-19)21(24(28)25(26)29)23(27)18-12-16(3)20(30-4)13-15(18)2/h5-13,22,27H,1-4H3/b23-21-. The Labute approximate surface area is 180 Å². The average Bonchev–Trinajstić information content (AvgIpc) is 3.37. The van der Waals surface area contributed by atoms with Crippen molar-refractivity contribution in [1.29, 1.82) is 0 Å². The lowest BCUT2D eigenvalue weighted by atomic mass is 9.95. The zero-order valence-electron chi connectivity index (χ0n) is 17.8. The molecule has 1 atom stereocenters. The Balaban J connectivity index is 1.94. The molecule has 2 aromatic carbocycles. The van der Waals surface area contributed by atoms with E-state index in [0.717, 1.165) is 16.7 Å². The smallest absolute Gasteiger partial charge is 0.300 e. The topological polar surface area (TPSA) is 80.0 Å². The van der Waals surface area contributed by atoms with Gasteiger partial charge in [-0.1, -0.05) is 17.7 Å². The van der Waals surface area contributed by atoms with Gasteiger partial charge in [0.1, 0.15) is 23.3 Å². The summed E-state index contributed by atoms with van der Waals surface area (Å²) in [6.45, 7) is 5.61. The SMILES string of the molecule is COc1cc(C)c(/C(O)=C2/C(=O)C(=O)N(c3ccc(C)cc3)C2c2ccco2)cc1C. The Kier molecular flexibility index (Phi) is 5.15. The van der Waals surface area contributed by atoms with Crippen molar-refractivity contribution >= 4 is 23.1 Å². The maximum absolute atomic E-state index is 13.1. The molecular weight excluding hydrogens is 394 g/mol. The molecule has 1 aliphatic rings. The summed E-state index contributed by atoms with van der Waals surface area (Å²) >= 11 is 0. The first-order valence-electron chi connectivity index (χ1n) is 9.90. The number of aliphatic hydroxyl groups excluding tert-OH is 1. The van der Waals surface area contributed by atoms with Gasteiger partial charge in [0.15, 0.2) is 0 Å². The number of Topliss-reactive ketones (excluding diaryl/α,β-unsaturated/α-hetero) is 1. The van der Waals surface area contributed by atoms with Crippen LogP contribution >= 0.6 is 0 Å². The molecule has 4 rings (SSSR count). The molecule has 158 valence electrons. The molecule has 0 bridgehead atoms. The molecule has 0 aliphatic carbocycles. The molecule has 0 saturated carbocycles. The highest BCUT2D eigenvalue weighted by Crippen LogP contribution is 2.43. The third kappa shape index (κ3) is 3.40. The van der Waals surface area contributed by atoms with Crippen molar-refractivity contribution in [3.8, 4) is 5.75 Å². The van der Waals surface area contributed by atoms with E-state index < -0.39 is 17.7 Å². The van der Waals surface area contributed by atoms with Gasteiger partial charge in [0, 0.05) is 11.3 Å². The van der Waals surface area contributed by atoms with Crippen LogP contribution in [0, 0.1) is 20.8 Å². The first kappa shape index (κ1) is 20.5. The van der Waals surface area contributed by atoms with Crippen LogP contribution < -0.4 is 9.64 Å². The molecule has 6 heteroatoms. The Morgan fingerprint density at radius 3 is 2.35 bits per heavy atom. The zero-order chi connectivity index (χ0) is 22.3. The number of methoxy groups -OCH3 is 1. The summed E-state index contributed by atoms with van der Waals surface area (Å²) in [5.41, 5.74) is 3.57. The summed E-state index contributed by atoms with van der Waals surface area (Å²) in [5.74, 6) is -0.638. The summed E-state index contributed by atoms with van der Waals surface area (Å²) in [4.78, 5) is 27.6. The molecule has 1 saturated heterocycles. The minimum absolute atomic E-state index is 0.00630. The Hall–Kier alpha value is -3.80. The highest BCUT2D eigenvalue weighted by Gasteiger charge is 2.48. The number of hydrogen-bond donors (Lipinski definition) is 1. The second-order valence-electron chi connectivity index (χ2n) is 7.66. The number of amides is 1. The summed E-state index contributed by atoms with van der Waals surface area (Å²) in [6, 6.07) is 13.3. The normalized spacial score (nSPS) is 17.9. The van der Waals surface area contributed by atoms with Gasteiger partial charge in [0.2, 0.25) is 0 Å². The second kappa shape index (κ2) is 7.80. The maximum Gasteiger partial charge on any atom is 0.300 e. The van der Waals surface area contributed by atoms with Crippen molar-refractivity contribution in [2.75, 3.05) is 12.0 Å². The van der Waals surface area contributed by atoms with Gasteiger partial charge >= 0.3 is 0 Å². The van der Waals surface area contributed by atoms with Gasteiger partial charge < -0.3 is 14.3 Å². The summed E-state index contributed by atoms with van der Waals surface area (Å²) in [5, 5.41) is 11.3. The monoisotopic (exact) mass is 417 g/mol. The molecule has 1 amide bonds. The number of benzene rings is 2. The third-order valence-electron chi connectivity index (χ3n) is 5.57. The quantitative estimate of drug-likeness (QED) is 0.373. The van der Waals surface area contributed by atoms with E-state index in [1.165, 1.54) is 11.2 Å². The van der Waals surface area contributed by atoms with E-state index in [4.69, 9.17) is 9.15 Å². The van der Waals surface area contributed by atoms with Gasteiger partial charge in [-0.3, -0.25) is 14.5 Å². The molecule has 0 spiro atoms. The molecule has 3 aromatic rings. The van der Waals surface area contributed by atoms with Crippen LogP contribution in [0.4, 0.5) is 5.69 Å².